The summed E-state index contributed by atoms with van der Waals surface area (Å²) in [5.41, 5.74) is 4.70. The van der Waals surface area contributed by atoms with E-state index in [4.69, 9.17) is 16.8 Å². The van der Waals surface area contributed by atoms with Crippen LogP contribution in [-0.4, -0.2) is 24.9 Å². The molecule has 4 aromatic heterocycles. The zero-order valence-electron chi connectivity index (χ0n) is 37.0. The van der Waals surface area contributed by atoms with Crippen LogP contribution in [0.3, 0.4) is 0 Å². The van der Waals surface area contributed by atoms with E-state index in [-0.39, 0.29) is 48.0 Å². The van der Waals surface area contributed by atoms with E-state index >= 15 is 0 Å². The number of benzene rings is 3. The fourth-order valence-corrected chi connectivity index (χ4v) is 6.07. The molecule has 249 valence electrons. The molecule has 0 saturated heterocycles. The van der Waals surface area contributed by atoms with Gasteiger partial charge in [0.05, 0.1) is 5.58 Å². The second-order valence-corrected chi connectivity index (χ2v) is 12.6. The van der Waals surface area contributed by atoms with E-state index in [0.29, 0.717) is 57.6 Å². The van der Waals surface area contributed by atoms with E-state index < -0.39 is 26.4 Å². The van der Waals surface area contributed by atoms with Crippen molar-refractivity contribution in [1.29, 1.82) is 0 Å². The molecule has 0 atom stereocenters. The Balaban J connectivity index is 0.000000289. The summed E-state index contributed by atoms with van der Waals surface area (Å²) in [5, 5.41) is 1.82. The van der Waals surface area contributed by atoms with Gasteiger partial charge >= 0.3 is 0 Å². The zero-order valence-corrected chi connectivity index (χ0v) is 29.4. The molecule has 0 spiro atoms. The van der Waals surface area contributed by atoms with Gasteiger partial charge in [-0.3, -0.25) is 4.98 Å². The molecule has 1 aliphatic carbocycles. The van der Waals surface area contributed by atoms with Gasteiger partial charge < -0.3 is 24.4 Å². The third-order valence-electron chi connectivity index (χ3n) is 8.86. The van der Waals surface area contributed by atoms with E-state index in [1.807, 2.05) is 30.3 Å². The van der Waals surface area contributed by atoms with Gasteiger partial charge in [-0.15, -0.1) is 18.2 Å². The standard InChI is InChI=1S/C33H32NO.C9H7N4.Ir/c1-21-18-24(23-14-16-33(3,4)17-15-23)12-13-25(21)29-19-30(34-20-22(29)2)28-10-7-9-27-26-8-5-6-11-31(26)35-32(27)28;1-7-12-4-8(5-13-7)9-6-10-2-3-11-9;/h5-9,11-13,18-20,23H,14-17H2,1-4H3;2-4,6H,1H3;/q2*-1;/i1D3,2D3,23D;1D3;. The van der Waals surface area contributed by atoms with Gasteiger partial charge in [0.2, 0.25) is 0 Å². The Labute approximate surface area is 315 Å². The van der Waals surface area contributed by atoms with Gasteiger partial charge in [-0.2, -0.15) is 0 Å². The number of furan rings is 1. The minimum absolute atomic E-state index is 0. The van der Waals surface area contributed by atoms with Crippen molar-refractivity contribution in [1.82, 2.24) is 24.9 Å². The summed E-state index contributed by atoms with van der Waals surface area (Å²) in [4.78, 5) is 19.8. The minimum Gasteiger partial charge on any atom is -0.501 e. The first kappa shape index (κ1) is 23.7. The van der Waals surface area contributed by atoms with Crippen LogP contribution in [0, 0.1) is 38.2 Å². The molecule has 0 amide bonds. The first-order valence-electron chi connectivity index (χ1n) is 20.7. The summed E-state index contributed by atoms with van der Waals surface area (Å²) in [5.74, 6) is -1.11. The van der Waals surface area contributed by atoms with Crippen LogP contribution in [0.25, 0.3) is 55.6 Å². The van der Waals surface area contributed by atoms with Crippen molar-refractivity contribution in [2.45, 2.75) is 66.0 Å². The SMILES string of the molecule is [2H]C([2H])([2H])c1cnc(-c2[c-]ccc3c2oc2ccccc23)cc1-c1ccc(C2([2H])CCC(C)(C)CC2)cc1C([2H])([2H])[2H].[2H]C([2H])([2H])c1n[c-]c(-c2cnccn2)cn1.[Ir]. The number of para-hydroxylation sites is 1. The van der Waals surface area contributed by atoms with Crippen LogP contribution in [0.4, 0.5) is 0 Å². The Morgan fingerprint density at radius 2 is 1.69 bits per heavy atom. The van der Waals surface area contributed by atoms with Gasteiger partial charge in [0.15, 0.2) is 0 Å². The van der Waals surface area contributed by atoms with Crippen LogP contribution in [-0.2, 0) is 20.1 Å². The van der Waals surface area contributed by atoms with Gasteiger partial charge in [-0.1, -0.05) is 79.0 Å². The average Bonchev–Trinajstić information content (AvgIpc) is 3.57. The van der Waals surface area contributed by atoms with E-state index in [2.05, 4.69) is 51.0 Å². The van der Waals surface area contributed by atoms with Gasteiger partial charge in [0.1, 0.15) is 5.58 Å². The molecular formula is C42H39IrN5O-2. The molecule has 0 unspecified atom stereocenters. The first-order valence-corrected chi connectivity index (χ1v) is 15.7. The summed E-state index contributed by atoms with van der Waals surface area (Å²) >= 11 is 0. The molecule has 49 heavy (non-hydrogen) atoms. The molecular weight excluding hydrogens is 783 g/mol. The van der Waals surface area contributed by atoms with Gasteiger partial charge in [-0.05, 0) is 103 Å². The molecule has 0 bridgehead atoms. The van der Waals surface area contributed by atoms with Crippen molar-refractivity contribution in [3.63, 3.8) is 0 Å². The van der Waals surface area contributed by atoms with E-state index in [1.165, 1.54) is 24.8 Å². The van der Waals surface area contributed by atoms with Crippen molar-refractivity contribution < 1.29 is 38.2 Å². The summed E-state index contributed by atoms with van der Waals surface area (Å²) in [7, 11) is 0. The number of nitrogens with zero attached hydrogens (tertiary/aromatic N) is 5. The maximum absolute atomic E-state index is 9.23. The molecule has 7 heteroatoms. The Hall–Kier alpha value is -4.58. The summed E-state index contributed by atoms with van der Waals surface area (Å²) < 4.78 is 86.7. The van der Waals surface area contributed by atoms with Crippen molar-refractivity contribution in [2.24, 2.45) is 5.41 Å². The zero-order chi connectivity index (χ0) is 41.7. The van der Waals surface area contributed by atoms with E-state index in [1.54, 1.807) is 36.5 Å². The second-order valence-electron chi connectivity index (χ2n) is 12.6. The maximum atomic E-state index is 9.23. The van der Waals surface area contributed by atoms with Crippen molar-refractivity contribution in [3.8, 4) is 33.6 Å². The molecule has 4 heterocycles. The third kappa shape index (κ3) is 7.39. The number of aryl methyl sites for hydroxylation is 3. The Bertz CT molecular complexity index is 2580. The number of fused-ring (bicyclic) bond motifs is 3. The minimum atomic E-state index is -2.54. The predicted octanol–water partition coefficient (Wildman–Crippen LogP) is 10.5. The normalized spacial score (nSPS) is 18.7. The smallest absolute Gasteiger partial charge is 0.120 e. The molecule has 0 aliphatic heterocycles. The van der Waals surface area contributed by atoms with Crippen molar-refractivity contribution in [2.75, 3.05) is 0 Å². The monoisotopic (exact) mass is 832 g/mol. The second kappa shape index (κ2) is 14.5. The van der Waals surface area contributed by atoms with Crippen LogP contribution >= 0.6 is 0 Å². The molecule has 7 aromatic rings. The van der Waals surface area contributed by atoms with Crippen LogP contribution in [0.2, 0.25) is 0 Å². The fourth-order valence-electron chi connectivity index (χ4n) is 6.07. The van der Waals surface area contributed by atoms with E-state index in [9.17, 15) is 1.37 Å². The van der Waals surface area contributed by atoms with Crippen molar-refractivity contribution in [3.05, 3.63) is 126 Å². The number of hydrogen-bond acceptors (Lipinski definition) is 6. The van der Waals surface area contributed by atoms with Gasteiger partial charge in [0.25, 0.3) is 0 Å². The number of pyridine rings is 1. The summed E-state index contributed by atoms with van der Waals surface area (Å²) in [6.45, 7) is -2.98. The maximum Gasteiger partial charge on any atom is 0.120 e. The van der Waals surface area contributed by atoms with Crippen LogP contribution < -0.4 is 0 Å². The Morgan fingerprint density at radius 1 is 0.837 bits per heavy atom. The van der Waals surface area contributed by atoms with Crippen molar-refractivity contribution >= 4 is 21.9 Å². The average molecular weight is 832 g/mol. The molecule has 3 aromatic carbocycles. The number of rotatable bonds is 4. The first-order chi connectivity index (χ1) is 27.2. The predicted molar refractivity (Wildman–Crippen MR) is 192 cm³/mol. The van der Waals surface area contributed by atoms with E-state index in [0.717, 1.165) is 23.6 Å². The summed E-state index contributed by atoms with van der Waals surface area (Å²) in [6.07, 6.45) is 12.9. The summed E-state index contributed by atoms with van der Waals surface area (Å²) in [6, 6.07) is 21.3. The molecule has 1 fully saturated rings. The van der Waals surface area contributed by atoms with Gasteiger partial charge in [-0.25, -0.2) is 0 Å². The molecule has 1 radical (unpaired) electrons. The Kier molecular flexibility index (Phi) is 7.02. The largest absolute Gasteiger partial charge is 0.501 e. The topological polar surface area (TPSA) is 77.6 Å². The fraction of sp³-hybridized carbons (Fsp3) is 0.262. The molecule has 6 nitrogen and oxygen atoms in total. The van der Waals surface area contributed by atoms with Gasteiger partial charge in [0, 0.05) is 75.5 Å². The number of hydrogen-bond donors (Lipinski definition) is 0. The number of aromatic nitrogens is 5. The Morgan fingerprint density at radius 3 is 2.45 bits per heavy atom. The molecule has 1 aliphatic rings. The molecule has 0 N–H and O–H groups in total. The molecule has 1 saturated carbocycles. The third-order valence-corrected chi connectivity index (χ3v) is 8.86. The molecule has 8 rings (SSSR count). The van der Waals surface area contributed by atoms with Crippen LogP contribution in [0.1, 0.15) is 81.6 Å². The quantitative estimate of drug-likeness (QED) is 0.164. The van der Waals surface area contributed by atoms with Crippen LogP contribution in [0.5, 0.6) is 0 Å². The van der Waals surface area contributed by atoms with Crippen LogP contribution in [0.15, 0.2) is 96.1 Å².